The Morgan fingerprint density at radius 1 is 1.33 bits per heavy atom. The molecule has 0 aliphatic rings. The summed E-state index contributed by atoms with van der Waals surface area (Å²) < 4.78 is 0. The Labute approximate surface area is 75.1 Å². The fourth-order valence-electron chi connectivity index (χ4n) is 1.01. The molecule has 0 N–H and O–H groups in total. The Balaban J connectivity index is 3.33. The van der Waals surface area contributed by atoms with E-state index in [0.29, 0.717) is 10.6 Å². The van der Waals surface area contributed by atoms with E-state index in [1.165, 1.54) is 6.07 Å². The number of hydrogen-bond donors (Lipinski definition) is 0. The van der Waals surface area contributed by atoms with E-state index < -0.39 is 4.92 Å². The molecule has 64 valence electrons. The monoisotopic (exact) mass is 185 g/mol. The minimum atomic E-state index is -0.430. The summed E-state index contributed by atoms with van der Waals surface area (Å²) in [6.07, 6.45) is 0. The molecule has 1 aromatic carbocycles. The predicted molar refractivity (Wildman–Crippen MR) is 47.6 cm³/mol. The van der Waals surface area contributed by atoms with Gasteiger partial charge in [-0.2, -0.15) is 0 Å². The second kappa shape index (κ2) is 3.11. The number of hydrogen-bond acceptors (Lipinski definition) is 2. The Morgan fingerprint density at radius 3 is 2.42 bits per heavy atom. The van der Waals surface area contributed by atoms with Gasteiger partial charge in [0.05, 0.1) is 9.95 Å². The van der Waals surface area contributed by atoms with Crippen LogP contribution in [0.2, 0.25) is 5.02 Å². The minimum Gasteiger partial charge on any atom is -0.258 e. The van der Waals surface area contributed by atoms with Crippen LogP contribution in [0.4, 0.5) is 5.69 Å². The highest BCUT2D eigenvalue weighted by Crippen LogP contribution is 2.25. The SMILES string of the molecule is Cc1cc(C)c([N+](=O)[O-])cc1Cl. The molecule has 0 amide bonds. The fraction of sp³-hybridized carbons (Fsp3) is 0.250. The van der Waals surface area contributed by atoms with Gasteiger partial charge in [0.25, 0.3) is 5.69 Å². The number of nitro groups is 1. The molecule has 0 spiro atoms. The van der Waals surface area contributed by atoms with Crippen LogP contribution in [0.1, 0.15) is 11.1 Å². The highest BCUT2D eigenvalue weighted by molar-refractivity contribution is 6.31. The van der Waals surface area contributed by atoms with E-state index in [1.807, 2.05) is 6.92 Å². The molecular weight excluding hydrogens is 178 g/mol. The molecule has 3 nitrogen and oxygen atoms in total. The van der Waals surface area contributed by atoms with Crippen molar-refractivity contribution in [2.45, 2.75) is 13.8 Å². The number of nitro benzene ring substituents is 1. The molecule has 0 bridgehead atoms. The van der Waals surface area contributed by atoms with E-state index in [0.717, 1.165) is 5.56 Å². The van der Waals surface area contributed by atoms with Crippen LogP contribution < -0.4 is 0 Å². The molecular formula is C8H8ClNO2. The molecule has 0 aliphatic heterocycles. The number of benzene rings is 1. The van der Waals surface area contributed by atoms with Crippen molar-refractivity contribution in [1.82, 2.24) is 0 Å². The minimum absolute atomic E-state index is 0.0746. The third-order valence-corrected chi connectivity index (χ3v) is 2.08. The number of nitrogens with zero attached hydrogens (tertiary/aromatic N) is 1. The first-order valence-corrected chi connectivity index (χ1v) is 3.81. The average Bonchev–Trinajstić information content (AvgIpc) is 1.96. The molecule has 4 heteroatoms. The Bertz CT molecular complexity index is 336. The van der Waals surface area contributed by atoms with Crippen molar-refractivity contribution in [3.8, 4) is 0 Å². The fourth-order valence-corrected chi connectivity index (χ4v) is 1.17. The van der Waals surface area contributed by atoms with Gasteiger partial charge in [-0.05, 0) is 25.5 Å². The van der Waals surface area contributed by atoms with E-state index in [2.05, 4.69) is 0 Å². The summed E-state index contributed by atoms with van der Waals surface area (Å²) in [5, 5.41) is 10.9. The summed E-state index contributed by atoms with van der Waals surface area (Å²) in [4.78, 5) is 10.0. The molecule has 12 heavy (non-hydrogen) atoms. The number of halogens is 1. The molecule has 0 radical (unpaired) electrons. The van der Waals surface area contributed by atoms with Crippen molar-refractivity contribution in [2.75, 3.05) is 0 Å². The van der Waals surface area contributed by atoms with Gasteiger partial charge >= 0.3 is 0 Å². The van der Waals surface area contributed by atoms with E-state index in [4.69, 9.17) is 11.6 Å². The highest BCUT2D eigenvalue weighted by atomic mass is 35.5. The van der Waals surface area contributed by atoms with Gasteiger partial charge in [0.2, 0.25) is 0 Å². The Kier molecular flexibility index (Phi) is 2.33. The summed E-state index contributed by atoms with van der Waals surface area (Å²) in [6.45, 7) is 3.51. The molecule has 0 heterocycles. The zero-order valence-electron chi connectivity index (χ0n) is 6.80. The summed E-state index contributed by atoms with van der Waals surface area (Å²) in [6, 6.07) is 3.09. The second-order valence-electron chi connectivity index (χ2n) is 2.64. The molecule has 0 aliphatic carbocycles. The van der Waals surface area contributed by atoms with E-state index in [1.54, 1.807) is 13.0 Å². The lowest BCUT2D eigenvalue weighted by Gasteiger charge is -2.00. The molecule has 0 saturated heterocycles. The Morgan fingerprint density at radius 2 is 1.92 bits per heavy atom. The van der Waals surface area contributed by atoms with Gasteiger partial charge in [-0.25, -0.2) is 0 Å². The molecule has 0 aromatic heterocycles. The van der Waals surface area contributed by atoms with Crippen LogP contribution in [0.3, 0.4) is 0 Å². The lowest BCUT2D eigenvalue weighted by molar-refractivity contribution is -0.385. The molecule has 0 atom stereocenters. The lowest BCUT2D eigenvalue weighted by Crippen LogP contribution is -1.92. The molecule has 1 rings (SSSR count). The van der Waals surface area contributed by atoms with Gasteiger partial charge in [-0.1, -0.05) is 11.6 Å². The smallest absolute Gasteiger partial charge is 0.258 e. The first-order valence-electron chi connectivity index (χ1n) is 3.43. The molecule has 0 saturated carbocycles. The van der Waals surface area contributed by atoms with Crippen LogP contribution in [-0.2, 0) is 0 Å². The first kappa shape index (κ1) is 9.00. The van der Waals surface area contributed by atoms with Crippen LogP contribution >= 0.6 is 11.6 Å². The summed E-state index contributed by atoms with van der Waals surface area (Å²) >= 11 is 5.73. The number of rotatable bonds is 1. The average molecular weight is 186 g/mol. The zero-order chi connectivity index (χ0) is 9.30. The maximum Gasteiger partial charge on any atom is 0.273 e. The van der Waals surface area contributed by atoms with Gasteiger partial charge in [-0.15, -0.1) is 0 Å². The third-order valence-electron chi connectivity index (χ3n) is 1.67. The highest BCUT2D eigenvalue weighted by Gasteiger charge is 2.11. The van der Waals surface area contributed by atoms with Crippen LogP contribution in [0, 0.1) is 24.0 Å². The summed E-state index contributed by atoms with van der Waals surface area (Å²) in [5.74, 6) is 0. The van der Waals surface area contributed by atoms with E-state index in [9.17, 15) is 10.1 Å². The number of aryl methyl sites for hydroxylation is 2. The predicted octanol–water partition coefficient (Wildman–Crippen LogP) is 2.87. The molecule has 0 unspecified atom stereocenters. The van der Waals surface area contributed by atoms with Crippen LogP contribution in [0.25, 0.3) is 0 Å². The van der Waals surface area contributed by atoms with Gasteiger partial charge in [0.1, 0.15) is 0 Å². The summed E-state index contributed by atoms with van der Waals surface area (Å²) in [7, 11) is 0. The van der Waals surface area contributed by atoms with E-state index >= 15 is 0 Å². The van der Waals surface area contributed by atoms with Crippen LogP contribution in [0.5, 0.6) is 0 Å². The zero-order valence-corrected chi connectivity index (χ0v) is 7.55. The van der Waals surface area contributed by atoms with Crippen LogP contribution in [-0.4, -0.2) is 4.92 Å². The summed E-state index contributed by atoms with van der Waals surface area (Å²) in [5.41, 5.74) is 1.58. The molecule has 0 fully saturated rings. The molecule has 1 aromatic rings. The van der Waals surface area contributed by atoms with Crippen molar-refractivity contribution in [3.63, 3.8) is 0 Å². The van der Waals surface area contributed by atoms with Crippen molar-refractivity contribution in [3.05, 3.63) is 38.4 Å². The van der Waals surface area contributed by atoms with Crippen molar-refractivity contribution >= 4 is 17.3 Å². The topological polar surface area (TPSA) is 43.1 Å². The third kappa shape index (κ3) is 1.56. The van der Waals surface area contributed by atoms with Gasteiger partial charge < -0.3 is 0 Å². The van der Waals surface area contributed by atoms with Crippen molar-refractivity contribution in [1.29, 1.82) is 0 Å². The van der Waals surface area contributed by atoms with Crippen LogP contribution in [0.15, 0.2) is 12.1 Å². The lowest BCUT2D eigenvalue weighted by atomic mass is 10.1. The van der Waals surface area contributed by atoms with Crippen molar-refractivity contribution < 1.29 is 4.92 Å². The van der Waals surface area contributed by atoms with Crippen molar-refractivity contribution in [2.24, 2.45) is 0 Å². The quantitative estimate of drug-likeness (QED) is 0.499. The van der Waals surface area contributed by atoms with Gasteiger partial charge in [-0.3, -0.25) is 10.1 Å². The maximum atomic E-state index is 10.4. The van der Waals surface area contributed by atoms with Gasteiger partial charge in [0.15, 0.2) is 0 Å². The maximum absolute atomic E-state index is 10.4. The van der Waals surface area contributed by atoms with E-state index in [-0.39, 0.29) is 5.69 Å². The normalized spacial score (nSPS) is 9.92. The van der Waals surface area contributed by atoms with Gasteiger partial charge in [0, 0.05) is 11.6 Å². The standard InChI is InChI=1S/C8H8ClNO2/c1-5-3-6(2)8(10(11)12)4-7(5)9/h3-4H,1-2H3. The Hall–Kier alpha value is -1.09. The second-order valence-corrected chi connectivity index (χ2v) is 3.05. The largest absolute Gasteiger partial charge is 0.273 e. The first-order chi connectivity index (χ1) is 5.52.